The van der Waals surface area contributed by atoms with Gasteiger partial charge in [0, 0.05) is 31.1 Å². The first-order valence-electron chi connectivity index (χ1n) is 9.36. The number of piperidine rings is 1. The van der Waals surface area contributed by atoms with E-state index in [1.807, 2.05) is 4.90 Å². The van der Waals surface area contributed by atoms with Gasteiger partial charge in [-0.05, 0) is 45.4 Å². The van der Waals surface area contributed by atoms with Gasteiger partial charge in [-0.25, -0.2) is 0 Å². The highest BCUT2D eigenvalue weighted by Gasteiger charge is 2.36. The Morgan fingerprint density at radius 1 is 1.17 bits per heavy atom. The smallest absolute Gasteiger partial charge is 0.226 e. The Morgan fingerprint density at radius 2 is 1.92 bits per heavy atom. The van der Waals surface area contributed by atoms with E-state index in [9.17, 15) is 9.59 Å². The highest BCUT2D eigenvalue weighted by molar-refractivity contribution is 5.85. The Bertz CT molecular complexity index is 419. The monoisotopic (exact) mass is 359 g/mol. The molecule has 5 nitrogen and oxygen atoms in total. The number of carbonyl (C=O) groups excluding carboxylic acids is 2. The predicted molar refractivity (Wildman–Crippen MR) is 99.0 cm³/mol. The molecule has 2 fully saturated rings. The molecule has 0 spiro atoms. The molecule has 140 valence electrons. The van der Waals surface area contributed by atoms with E-state index in [1.54, 1.807) is 0 Å². The fourth-order valence-corrected chi connectivity index (χ4v) is 3.85. The number of amides is 2. The minimum atomic E-state index is -0.0516. The van der Waals surface area contributed by atoms with Crippen LogP contribution in [0.5, 0.6) is 0 Å². The van der Waals surface area contributed by atoms with Crippen molar-refractivity contribution in [3.8, 4) is 0 Å². The van der Waals surface area contributed by atoms with Crippen molar-refractivity contribution in [2.24, 2.45) is 17.6 Å². The topological polar surface area (TPSA) is 75.4 Å². The molecule has 1 aliphatic carbocycles. The molecule has 0 aromatic heterocycles. The highest BCUT2D eigenvalue weighted by atomic mass is 35.5. The van der Waals surface area contributed by atoms with Crippen molar-refractivity contribution in [1.82, 2.24) is 10.2 Å². The van der Waals surface area contributed by atoms with Crippen LogP contribution in [-0.2, 0) is 9.59 Å². The van der Waals surface area contributed by atoms with E-state index < -0.39 is 0 Å². The van der Waals surface area contributed by atoms with Crippen molar-refractivity contribution in [2.75, 3.05) is 13.1 Å². The summed E-state index contributed by atoms with van der Waals surface area (Å²) in [6.07, 6.45) is 7.70. The predicted octanol–water partition coefficient (Wildman–Crippen LogP) is 2.47. The summed E-state index contributed by atoms with van der Waals surface area (Å²) in [5.74, 6) is 0.342. The van der Waals surface area contributed by atoms with Crippen LogP contribution in [-0.4, -0.2) is 41.9 Å². The second kappa shape index (κ2) is 10.2. The summed E-state index contributed by atoms with van der Waals surface area (Å²) in [5, 5.41) is 3.02. The van der Waals surface area contributed by atoms with Gasteiger partial charge >= 0.3 is 0 Å². The molecule has 0 aromatic rings. The maximum Gasteiger partial charge on any atom is 0.226 e. The highest BCUT2D eigenvalue weighted by Crippen LogP contribution is 2.29. The molecule has 2 amide bonds. The molecule has 2 aliphatic rings. The van der Waals surface area contributed by atoms with Crippen molar-refractivity contribution in [2.45, 2.75) is 77.3 Å². The average Bonchev–Trinajstić information content (AvgIpc) is 2.54. The molecule has 4 unspecified atom stereocenters. The molecule has 1 saturated carbocycles. The number of hydrogen-bond donors (Lipinski definition) is 2. The lowest BCUT2D eigenvalue weighted by molar-refractivity contribution is -0.143. The van der Waals surface area contributed by atoms with Crippen molar-refractivity contribution in [1.29, 1.82) is 0 Å². The van der Waals surface area contributed by atoms with Gasteiger partial charge in [0.1, 0.15) is 0 Å². The second-order valence-electron chi connectivity index (χ2n) is 7.38. The van der Waals surface area contributed by atoms with Gasteiger partial charge in [0.15, 0.2) is 0 Å². The SMILES string of the molecule is CCCCNC(=O)C1CCC(C)N(C(=O)C2CCCC(N)C2)C1.Cl. The molecular formula is C18H34ClN3O2. The number of halogens is 1. The number of likely N-dealkylation sites (tertiary alicyclic amines) is 1. The van der Waals surface area contributed by atoms with Crippen LogP contribution in [0.2, 0.25) is 0 Å². The van der Waals surface area contributed by atoms with Gasteiger partial charge in [-0.2, -0.15) is 0 Å². The Kier molecular flexibility index (Phi) is 9.06. The lowest BCUT2D eigenvalue weighted by Crippen LogP contribution is -2.52. The Morgan fingerprint density at radius 3 is 2.58 bits per heavy atom. The zero-order valence-corrected chi connectivity index (χ0v) is 15.9. The molecule has 1 saturated heterocycles. The molecule has 0 radical (unpaired) electrons. The van der Waals surface area contributed by atoms with Crippen molar-refractivity contribution in [3.63, 3.8) is 0 Å². The standard InChI is InChI=1S/C18H33N3O2.ClH/c1-3-4-10-20-17(22)15-9-8-13(2)21(12-15)18(23)14-6-5-7-16(19)11-14;/h13-16H,3-12,19H2,1-2H3,(H,20,22);1H. The van der Waals surface area contributed by atoms with Gasteiger partial charge in [0.2, 0.25) is 11.8 Å². The van der Waals surface area contributed by atoms with E-state index in [0.29, 0.717) is 6.54 Å². The van der Waals surface area contributed by atoms with Crippen LogP contribution in [0.15, 0.2) is 0 Å². The summed E-state index contributed by atoms with van der Waals surface area (Å²) >= 11 is 0. The fourth-order valence-electron chi connectivity index (χ4n) is 3.85. The van der Waals surface area contributed by atoms with Gasteiger partial charge in [-0.3, -0.25) is 9.59 Å². The second-order valence-corrected chi connectivity index (χ2v) is 7.38. The van der Waals surface area contributed by atoms with Crippen LogP contribution in [0.25, 0.3) is 0 Å². The quantitative estimate of drug-likeness (QED) is 0.740. The molecule has 1 aliphatic heterocycles. The van der Waals surface area contributed by atoms with Crippen LogP contribution in [0.3, 0.4) is 0 Å². The molecule has 0 bridgehead atoms. The van der Waals surface area contributed by atoms with Crippen molar-refractivity contribution >= 4 is 24.2 Å². The maximum atomic E-state index is 12.9. The van der Waals surface area contributed by atoms with Gasteiger partial charge in [0.05, 0.1) is 5.92 Å². The van der Waals surface area contributed by atoms with E-state index in [-0.39, 0.29) is 48.1 Å². The largest absolute Gasteiger partial charge is 0.356 e. The number of rotatable bonds is 5. The summed E-state index contributed by atoms with van der Waals surface area (Å²) in [6.45, 7) is 5.53. The molecule has 0 aromatic carbocycles. The molecule has 2 rings (SSSR count). The normalized spacial score (nSPS) is 30.4. The van der Waals surface area contributed by atoms with Crippen molar-refractivity contribution in [3.05, 3.63) is 0 Å². The summed E-state index contributed by atoms with van der Waals surface area (Å²) in [6, 6.07) is 0.395. The van der Waals surface area contributed by atoms with Crippen LogP contribution >= 0.6 is 12.4 Å². The Labute approximate surface area is 152 Å². The zero-order valence-electron chi connectivity index (χ0n) is 15.1. The van der Waals surface area contributed by atoms with E-state index in [0.717, 1.165) is 57.9 Å². The van der Waals surface area contributed by atoms with Crippen LogP contribution < -0.4 is 11.1 Å². The first kappa shape index (κ1) is 21.2. The van der Waals surface area contributed by atoms with E-state index in [1.165, 1.54) is 0 Å². The molecular weight excluding hydrogens is 326 g/mol. The lowest BCUT2D eigenvalue weighted by atomic mass is 9.83. The number of nitrogens with one attached hydrogen (secondary N) is 1. The number of nitrogens with two attached hydrogens (primary N) is 1. The molecule has 24 heavy (non-hydrogen) atoms. The van der Waals surface area contributed by atoms with Gasteiger partial charge in [-0.15, -0.1) is 12.4 Å². The van der Waals surface area contributed by atoms with Crippen LogP contribution in [0.1, 0.15) is 65.2 Å². The third kappa shape index (κ3) is 5.62. The molecule has 1 heterocycles. The average molecular weight is 360 g/mol. The molecule has 6 heteroatoms. The van der Waals surface area contributed by atoms with Gasteiger partial charge in [-0.1, -0.05) is 19.8 Å². The Balaban J connectivity index is 0.00000288. The summed E-state index contributed by atoms with van der Waals surface area (Å²) in [4.78, 5) is 27.1. The van der Waals surface area contributed by atoms with Crippen LogP contribution in [0, 0.1) is 11.8 Å². The number of nitrogens with zero attached hydrogens (tertiary/aromatic N) is 1. The maximum absolute atomic E-state index is 12.9. The number of carbonyl (C=O) groups is 2. The van der Waals surface area contributed by atoms with Crippen molar-refractivity contribution < 1.29 is 9.59 Å². The van der Waals surface area contributed by atoms with E-state index in [4.69, 9.17) is 5.73 Å². The number of hydrogen-bond acceptors (Lipinski definition) is 3. The fraction of sp³-hybridized carbons (Fsp3) is 0.889. The Hall–Kier alpha value is -0.810. The minimum absolute atomic E-state index is 0. The third-order valence-corrected chi connectivity index (χ3v) is 5.43. The summed E-state index contributed by atoms with van der Waals surface area (Å²) < 4.78 is 0. The number of unbranched alkanes of at least 4 members (excludes halogenated alkanes) is 1. The van der Waals surface area contributed by atoms with E-state index in [2.05, 4.69) is 19.2 Å². The first-order chi connectivity index (χ1) is 11.0. The van der Waals surface area contributed by atoms with E-state index >= 15 is 0 Å². The lowest BCUT2D eigenvalue weighted by Gasteiger charge is -2.40. The third-order valence-electron chi connectivity index (χ3n) is 5.43. The summed E-state index contributed by atoms with van der Waals surface area (Å²) in [5.41, 5.74) is 6.04. The molecule has 3 N–H and O–H groups in total. The van der Waals surface area contributed by atoms with Crippen LogP contribution in [0.4, 0.5) is 0 Å². The first-order valence-corrected chi connectivity index (χ1v) is 9.36. The molecule has 4 atom stereocenters. The summed E-state index contributed by atoms with van der Waals surface area (Å²) in [7, 11) is 0. The van der Waals surface area contributed by atoms with Gasteiger partial charge in [0.25, 0.3) is 0 Å². The minimum Gasteiger partial charge on any atom is -0.356 e. The van der Waals surface area contributed by atoms with Gasteiger partial charge < -0.3 is 16.0 Å². The zero-order chi connectivity index (χ0) is 16.8.